The van der Waals surface area contributed by atoms with Crippen molar-refractivity contribution in [1.82, 2.24) is 9.97 Å². The van der Waals surface area contributed by atoms with Crippen LogP contribution in [0.3, 0.4) is 0 Å². The van der Waals surface area contributed by atoms with Gasteiger partial charge in [0.15, 0.2) is 0 Å². The third kappa shape index (κ3) is 1.09. The summed E-state index contributed by atoms with van der Waals surface area (Å²) in [6, 6.07) is 8.13. The Morgan fingerprint density at radius 2 is 2.13 bits per heavy atom. The molecule has 0 fully saturated rings. The molecule has 2 aromatic heterocycles. The van der Waals surface area contributed by atoms with Gasteiger partial charge in [0.2, 0.25) is 0 Å². The summed E-state index contributed by atoms with van der Waals surface area (Å²) >= 11 is 0. The van der Waals surface area contributed by atoms with Gasteiger partial charge >= 0.3 is 0 Å². The maximum atomic E-state index is 5.70. The van der Waals surface area contributed by atoms with Gasteiger partial charge in [0, 0.05) is 16.3 Å². The van der Waals surface area contributed by atoms with E-state index in [1.165, 1.54) is 10.9 Å². The quantitative estimate of drug-likeness (QED) is 0.582. The number of nitrogens with one attached hydrogen (secondary N) is 1. The molecular formula is C12H11N3. The summed E-state index contributed by atoms with van der Waals surface area (Å²) in [6.45, 7) is 2.10. The van der Waals surface area contributed by atoms with E-state index in [0.717, 1.165) is 16.4 Å². The lowest BCUT2D eigenvalue weighted by atomic mass is 10.1. The molecule has 3 nitrogen and oxygen atoms in total. The zero-order valence-electron chi connectivity index (χ0n) is 8.41. The minimum absolute atomic E-state index is 0.562. The fraction of sp³-hybridized carbons (Fsp3) is 0.0833. The molecule has 3 N–H and O–H groups in total. The Hall–Kier alpha value is -2.03. The molecule has 0 bridgehead atoms. The number of nitrogen functional groups attached to an aromatic ring is 1. The first-order valence-corrected chi connectivity index (χ1v) is 4.88. The maximum Gasteiger partial charge on any atom is 0.124 e. The van der Waals surface area contributed by atoms with E-state index < -0.39 is 0 Å². The number of nitrogens with two attached hydrogens (primary N) is 1. The van der Waals surface area contributed by atoms with E-state index in [0.29, 0.717) is 5.82 Å². The molecule has 0 aliphatic rings. The van der Waals surface area contributed by atoms with Crippen molar-refractivity contribution in [1.29, 1.82) is 0 Å². The Morgan fingerprint density at radius 3 is 3.00 bits per heavy atom. The number of hydrogen-bond acceptors (Lipinski definition) is 2. The van der Waals surface area contributed by atoms with Crippen molar-refractivity contribution < 1.29 is 0 Å². The van der Waals surface area contributed by atoms with Gasteiger partial charge in [0.05, 0.1) is 11.7 Å². The molecule has 0 amide bonds. The molecule has 0 spiro atoms. The van der Waals surface area contributed by atoms with Crippen molar-refractivity contribution in [3.63, 3.8) is 0 Å². The third-order valence-electron chi connectivity index (χ3n) is 2.74. The molecule has 15 heavy (non-hydrogen) atoms. The normalized spacial score (nSPS) is 11.3. The van der Waals surface area contributed by atoms with Gasteiger partial charge in [-0.1, -0.05) is 12.1 Å². The molecule has 0 unspecified atom stereocenters. The van der Waals surface area contributed by atoms with Gasteiger partial charge in [-0.25, -0.2) is 4.98 Å². The van der Waals surface area contributed by atoms with Crippen LogP contribution in [-0.2, 0) is 0 Å². The highest BCUT2D eigenvalue weighted by atomic mass is 14.8. The number of fused-ring (bicyclic) bond motifs is 3. The molecule has 3 heteroatoms. The predicted octanol–water partition coefficient (Wildman–Crippen LogP) is 2.61. The van der Waals surface area contributed by atoms with Crippen molar-refractivity contribution in [3.05, 3.63) is 36.0 Å². The first kappa shape index (κ1) is 8.29. The van der Waals surface area contributed by atoms with E-state index in [1.54, 1.807) is 6.20 Å². The average Bonchev–Trinajstić information content (AvgIpc) is 2.57. The summed E-state index contributed by atoms with van der Waals surface area (Å²) in [6.07, 6.45) is 1.78. The van der Waals surface area contributed by atoms with Crippen molar-refractivity contribution in [2.75, 3.05) is 5.73 Å². The van der Waals surface area contributed by atoms with Gasteiger partial charge in [-0.3, -0.25) is 0 Å². The Bertz CT molecular complexity index is 652. The lowest BCUT2D eigenvalue weighted by Gasteiger charge is -1.96. The molecule has 0 saturated carbocycles. The molecule has 0 aliphatic heterocycles. The van der Waals surface area contributed by atoms with Crippen LogP contribution in [0.2, 0.25) is 0 Å². The SMILES string of the molecule is Cc1cccc2[nH]c3cnc(N)cc3c12. The zero-order valence-corrected chi connectivity index (χ0v) is 8.41. The molecule has 3 aromatic rings. The molecule has 0 saturated heterocycles. The Morgan fingerprint density at radius 1 is 1.27 bits per heavy atom. The van der Waals surface area contributed by atoms with E-state index >= 15 is 0 Å². The Balaban J connectivity index is 2.61. The van der Waals surface area contributed by atoms with Crippen LogP contribution in [0, 0.1) is 6.92 Å². The number of aromatic amines is 1. The molecular weight excluding hydrogens is 186 g/mol. The van der Waals surface area contributed by atoms with Gasteiger partial charge in [-0.15, -0.1) is 0 Å². The minimum atomic E-state index is 0.562. The molecule has 3 rings (SSSR count). The number of H-pyrrole nitrogens is 1. The molecule has 0 atom stereocenters. The predicted molar refractivity (Wildman–Crippen MR) is 62.7 cm³/mol. The number of anilines is 1. The van der Waals surface area contributed by atoms with Crippen molar-refractivity contribution >= 4 is 27.6 Å². The standard InChI is InChI=1S/C12H11N3/c1-7-3-2-4-9-12(7)8-5-11(13)14-6-10(8)15-9/h2-6,15H,1H3,(H2,13,14). The minimum Gasteiger partial charge on any atom is -0.384 e. The lowest BCUT2D eigenvalue weighted by Crippen LogP contribution is -1.87. The largest absolute Gasteiger partial charge is 0.384 e. The van der Waals surface area contributed by atoms with Crippen molar-refractivity contribution in [2.24, 2.45) is 0 Å². The fourth-order valence-electron chi connectivity index (χ4n) is 2.05. The first-order chi connectivity index (χ1) is 7.25. The Kier molecular flexibility index (Phi) is 1.51. The van der Waals surface area contributed by atoms with Crippen LogP contribution in [0.1, 0.15) is 5.56 Å². The second-order valence-electron chi connectivity index (χ2n) is 3.78. The first-order valence-electron chi connectivity index (χ1n) is 4.88. The smallest absolute Gasteiger partial charge is 0.124 e. The fourth-order valence-corrected chi connectivity index (χ4v) is 2.05. The summed E-state index contributed by atoms with van der Waals surface area (Å²) in [5, 5.41) is 2.39. The van der Waals surface area contributed by atoms with E-state index in [-0.39, 0.29) is 0 Å². The number of pyridine rings is 1. The molecule has 74 valence electrons. The molecule has 0 aliphatic carbocycles. The second-order valence-corrected chi connectivity index (χ2v) is 3.78. The van der Waals surface area contributed by atoms with E-state index in [9.17, 15) is 0 Å². The van der Waals surface area contributed by atoms with Crippen LogP contribution in [0.15, 0.2) is 30.5 Å². The maximum absolute atomic E-state index is 5.70. The van der Waals surface area contributed by atoms with Crippen LogP contribution in [0.5, 0.6) is 0 Å². The van der Waals surface area contributed by atoms with Crippen LogP contribution < -0.4 is 5.73 Å². The Labute approximate surface area is 86.9 Å². The number of rotatable bonds is 0. The topological polar surface area (TPSA) is 54.7 Å². The summed E-state index contributed by atoms with van der Waals surface area (Å²) < 4.78 is 0. The molecule has 1 aromatic carbocycles. The van der Waals surface area contributed by atoms with Gasteiger partial charge in [0.25, 0.3) is 0 Å². The van der Waals surface area contributed by atoms with E-state index in [4.69, 9.17) is 5.73 Å². The summed E-state index contributed by atoms with van der Waals surface area (Å²) in [5.41, 5.74) is 9.13. The number of aryl methyl sites for hydroxylation is 1. The highest BCUT2D eigenvalue weighted by Gasteiger charge is 2.06. The zero-order chi connectivity index (χ0) is 10.4. The molecule has 0 radical (unpaired) electrons. The third-order valence-corrected chi connectivity index (χ3v) is 2.74. The van der Waals surface area contributed by atoms with Gasteiger partial charge in [-0.05, 0) is 24.6 Å². The van der Waals surface area contributed by atoms with Crippen molar-refractivity contribution in [3.8, 4) is 0 Å². The monoisotopic (exact) mass is 197 g/mol. The van der Waals surface area contributed by atoms with Crippen LogP contribution >= 0.6 is 0 Å². The van der Waals surface area contributed by atoms with Gasteiger partial charge < -0.3 is 10.7 Å². The number of aromatic nitrogens is 2. The summed E-state index contributed by atoms with van der Waals surface area (Å²) in [7, 11) is 0. The van der Waals surface area contributed by atoms with Gasteiger partial charge in [-0.2, -0.15) is 0 Å². The van der Waals surface area contributed by atoms with Crippen LogP contribution in [0.25, 0.3) is 21.8 Å². The summed E-state index contributed by atoms with van der Waals surface area (Å²) in [5.74, 6) is 0.562. The number of hydrogen-bond donors (Lipinski definition) is 2. The van der Waals surface area contributed by atoms with Gasteiger partial charge in [0.1, 0.15) is 5.82 Å². The van der Waals surface area contributed by atoms with Crippen molar-refractivity contribution in [2.45, 2.75) is 6.92 Å². The number of nitrogens with zero attached hydrogens (tertiary/aromatic N) is 1. The van der Waals surface area contributed by atoms with E-state index in [2.05, 4.69) is 29.0 Å². The second kappa shape index (κ2) is 2.73. The van der Waals surface area contributed by atoms with Crippen LogP contribution in [0.4, 0.5) is 5.82 Å². The van der Waals surface area contributed by atoms with Crippen LogP contribution in [-0.4, -0.2) is 9.97 Å². The number of benzene rings is 1. The highest BCUT2D eigenvalue weighted by molar-refractivity contribution is 6.09. The highest BCUT2D eigenvalue weighted by Crippen LogP contribution is 2.28. The van der Waals surface area contributed by atoms with E-state index in [1.807, 2.05) is 12.1 Å². The average molecular weight is 197 g/mol. The molecule has 2 heterocycles. The summed E-state index contributed by atoms with van der Waals surface area (Å²) in [4.78, 5) is 7.41. The lowest BCUT2D eigenvalue weighted by molar-refractivity contribution is 1.35.